The lowest BCUT2D eigenvalue weighted by Crippen LogP contribution is -2.44. The number of aromatic hydroxyl groups is 1. The number of carbonyl (C=O) groups is 2. The Morgan fingerprint density at radius 3 is 2.16 bits per heavy atom. The quantitative estimate of drug-likeness (QED) is 0.577. The van der Waals surface area contributed by atoms with Crippen LogP contribution in [0.5, 0.6) is 5.75 Å². The van der Waals surface area contributed by atoms with Crippen molar-refractivity contribution in [1.82, 2.24) is 0 Å². The van der Waals surface area contributed by atoms with Crippen molar-refractivity contribution in [2.24, 2.45) is 5.41 Å². The van der Waals surface area contributed by atoms with Gasteiger partial charge < -0.3 is 15.5 Å². The minimum atomic E-state index is -1.31. The van der Waals surface area contributed by atoms with Crippen LogP contribution in [0.1, 0.15) is 32.1 Å². The van der Waals surface area contributed by atoms with E-state index in [0.29, 0.717) is 18.5 Å². The average molecular weight is 263 g/mol. The van der Waals surface area contributed by atoms with Gasteiger partial charge in [0.25, 0.3) is 0 Å². The van der Waals surface area contributed by atoms with E-state index in [1.165, 1.54) is 12.1 Å². The second-order valence-corrected chi connectivity index (χ2v) is 4.95. The molecule has 1 aliphatic rings. The summed E-state index contributed by atoms with van der Waals surface area (Å²) in [4.78, 5) is 23.7. The lowest BCUT2D eigenvalue weighted by molar-refractivity contribution is -0.156. The van der Waals surface area contributed by atoms with Crippen molar-refractivity contribution >= 4 is 17.6 Å². The van der Waals surface area contributed by atoms with Crippen LogP contribution in [0, 0.1) is 5.41 Å². The molecule has 0 saturated heterocycles. The molecule has 5 heteroatoms. The first-order chi connectivity index (χ1) is 9.04. The standard InChI is InChI=1S/C14H17NO4/c16-11-6-4-10(5-7-11)15-12(17)14(13(18)19)8-2-1-3-9-14/h4-7,16H,1-3,8-9H2,(H,15,17)(H,18,19). The summed E-state index contributed by atoms with van der Waals surface area (Å²) in [5.74, 6) is -1.42. The summed E-state index contributed by atoms with van der Waals surface area (Å²) in [5, 5.41) is 21.2. The molecule has 0 radical (unpaired) electrons. The number of hydrogen-bond donors (Lipinski definition) is 3. The number of rotatable bonds is 3. The van der Waals surface area contributed by atoms with E-state index in [0.717, 1.165) is 19.3 Å². The van der Waals surface area contributed by atoms with Crippen LogP contribution in [0.2, 0.25) is 0 Å². The lowest BCUT2D eigenvalue weighted by atomic mass is 9.73. The Labute approximate surface area is 111 Å². The molecule has 2 rings (SSSR count). The lowest BCUT2D eigenvalue weighted by Gasteiger charge is -2.31. The molecule has 1 aromatic carbocycles. The number of carbonyl (C=O) groups excluding carboxylic acids is 1. The largest absolute Gasteiger partial charge is 0.508 e. The van der Waals surface area contributed by atoms with E-state index in [1.807, 2.05) is 0 Å². The zero-order valence-corrected chi connectivity index (χ0v) is 10.6. The minimum absolute atomic E-state index is 0.101. The monoisotopic (exact) mass is 263 g/mol. The molecule has 19 heavy (non-hydrogen) atoms. The highest BCUT2D eigenvalue weighted by Gasteiger charge is 2.46. The van der Waals surface area contributed by atoms with Gasteiger partial charge in [0, 0.05) is 5.69 Å². The summed E-state index contributed by atoms with van der Waals surface area (Å²) in [7, 11) is 0. The van der Waals surface area contributed by atoms with Crippen molar-refractivity contribution in [1.29, 1.82) is 0 Å². The van der Waals surface area contributed by atoms with Gasteiger partial charge in [-0.05, 0) is 37.1 Å². The van der Waals surface area contributed by atoms with Crippen LogP contribution in [0.4, 0.5) is 5.69 Å². The molecule has 0 heterocycles. The van der Waals surface area contributed by atoms with Crippen LogP contribution >= 0.6 is 0 Å². The summed E-state index contributed by atoms with van der Waals surface area (Å²) < 4.78 is 0. The van der Waals surface area contributed by atoms with Crippen LogP contribution in [0.3, 0.4) is 0 Å². The van der Waals surface area contributed by atoms with Crippen molar-refractivity contribution < 1.29 is 19.8 Å². The molecule has 0 atom stereocenters. The Balaban J connectivity index is 2.16. The maximum atomic E-state index is 12.3. The number of carboxylic acids is 1. The molecule has 0 spiro atoms. The Morgan fingerprint density at radius 2 is 1.63 bits per heavy atom. The fourth-order valence-corrected chi connectivity index (χ4v) is 2.49. The van der Waals surface area contributed by atoms with E-state index in [1.54, 1.807) is 12.1 Å². The highest BCUT2D eigenvalue weighted by Crippen LogP contribution is 2.37. The van der Waals surface area contributed by atoms with Crippen molar-refractivity contribution in [3.8, 4) is 5.75 Å². The molecule has 102 valence electrons. The molecule has 1 aliphatic carbocycles. The third-order valence-electron chi connectivity index (χ3n) is 3.68. The predicted molar refractivity (Wildman–Crippen MR) is 69.9 cm³/mol. The third-order valence-corrected chi connectivity index (χ3v) is 3.68. The van der Waals surface area contributed by atoms with Crippen LogP contribution in [-0.4, -0.2) is 22.1 Å². The van der Waals surface area contributed by atoms with E-state index in [4.69, 9.17) is 0 Å². The highest BCUT2D eigenvalue weighted by molar-refractivity contribution is 6.08. The number of phenols is 1. The molecule has 3 N–H and O–H groups in total. The summed E-state index contributed by atoms with van der Waals surface area (Å²) in [6.45, 7) is 0. The molecule has 0 aromatic heterocycles. The summed E-state index contributed by atoms with van der Waals surface area (Å²) in [5.41, 5.74) is -0.815. The minimum Gasteiger partial charge on any atom is -0.508 e. The molecule has 1 fully saturated rings. The summed E-state index contributed by atoms with van der Waals surface area (Å²) in [6.07, 6.45) is 3.25. The van der Waals surface area contributed by atoms with Gasteiger partial charge in [0.1, 0.15) is 11.2 Å². The Morgan fingerprint density at radius 1 is 1.05 bits per heavy atom. The van der Waals surface area contributed by atoms with Gasteiger partial charge in [0.05, 0.1) is 0 Å². The van der Waals surface area contributed by atoms with Gasteiger partial charge in [-0.3, -0.25) is 9.59 Å². The predicted octanol–water partition coefficient (Wildman–Crippen LogP) is 2.37. The van der Waals surface area contributed by atoms with Crippen LogP contribution in [0.15, 0.2) is 24.3 Å². The van der Waals surface area contributed by atoms with E-state index in [2.05, 4.69) is 5.32 Å². The number of benzene rings is 1. The molecule has 0 bridgehead atoms. The van der Waals surface area contributed by atoms with Gasteiger partial charge >= 0.3 is 5.97 Å². The third kappa shape index (κ3) is 2.70. The van der Waals surface area contributed by atoms with Gasteiger partial charge in [-0.25, -0.2) is 0 Å². The van der Waals surface area contributed by atoms with Crippen molar-refractivity contribution in [3.05, 3.63) is 24.3 Å². The first-order valence-electron chi connectivity index (χ1n) is 6.38. The summed E-state index contributed by atoms with van der Waals surface area (Å²) in [6, 6.07) is 5.99. The number of amides is 1. The SMILES string of the molecule is O=C(O)C1(C(=O)Nc2ccc(O)cc2)CCCCC1. The second-order valence-electron chi connectivity index (χ2n) is 4.95. The Kier molecular flexibility index (Phi) is 3.74. The number of anilines is 1. The molecule has 0 aliphatic heterocycles. The number of aliphatic carboxylic acids is 1. The number of nitrogens with one attached hydrogen (secondary N) is 1. The van der Waals surface area contributed by atoms with Gasteiger partial charge in [-0.2, -0.15) is 0 Å². The highest BCUT2D eigenvalue weighted by atomic mass is 16.4. The maximum absolute atomic E-state index is 12.3. The number of carboxylic acid groups (broad SMARTS) is 1. The normalized spacial score (nSPS) is 17.7. The maximum Gasteiger partial charge on any atom is 0.319 e. The first kappa shape index (κ1) is 13.4. The molecule has 1 aromatic rings. The number of phenolic OH excluding ortho intramolecular Hbond substituents is 1. The molecular weight excluding hydrogens is 246 g/mol. The van der Waals surface area contributed by atoms with Gasteiger partial charge in [0.15, 0.2) is 0 Å². The molecule has 1 amide bonds. The fourth-order valence-electron chi connectivity index (χ4n) is 2.49. The summed E-state index contributed by atoms with van der Waals surface area (Å²) >= 11 is 0. The van der Waals surface area contributed by atoms with Crippen LogP contribution in [-0.2, 0) is 9.59 Å². The topological polar surface area (TPSA) is 86.6 Å². The van der Waals surface area contributed by atoms with E-state index >= 15 is 0 Å². The van der Waals surface area contributed by atoms with Crippen molar-refractivity contribution in [2.75, 3.05) is 5.32 Å². The fraction of sp³-hybridized carbons (Fsp3) is 0.429. The first-order valence-corrected chi connectivity index (χ1v) is 6.38. The Hall–Kier alpha value is -2.04. The van der Waals surface area contributed by atoms with Gasteiger partial charge in [-0.1, -0.05) is 19.3 Å². The average Bonchev–Trinajstić information content (AvgIpc) is 2.42. The van der Waals surface area contributed by atoms with Crippen molar-refractivity contribution in [2.45, 2.75) is 32.1 Å². The Bertz CT molecular complexity index is 475. The smallest absolute Gasteiger partial charge is 0.319 e. The van der Waals surface area contributed by atoms with Crippen LogP contribution < -0.4 is 5.32 Å². The van der Waals surface area contributed by atoms with Crippen LogP contribution in [0.25, 0.3) is 0 Å². The molecular formula is C14H17NO4. The van der Waals surface area contributed by atoms with Crippen molar-refractivity contribution in [3.63, 3.8) is 0 Å². The molecule has 0 unspecified atom stereocenters. The number of hydrogen-bond acceptors (Lipinski definition) is 3. The zero-order valence-electron chi connectivity index (χ0n) is 10.6. The molecule has 1 saturated carbocycles. The van der Waals surface area contributed by atoms with E-state index < -0.39 is 17.3 Å². The molecule has 5 nitrogen and oxygen atoms in total. The zero-order chi connectivity index (χ0) is 13.9. The van der Waals surface area contributed by atoms with Gasteiger partial charge in [0.2, 0.25) is 5.91 Å². The van der Waals surface area contributed by atoms with E-state index in [9.17, 15) is 19.8 Å². The second kappa shape index (κ2) is 5.30. The van der Waals surface area contributed by atoms with E-state index in [-0.39, 0.29) is 5.75 Å². The van der Waals surface area contributed by atoms with Gasteiger partial charge in [-0.15, -0.1) is 0 Å².